The van der Waals surface area contributed by atoms with Crippen molar-refractivity contribution < 1.29 is 19.2 Å². The van der Waals surface area contributed by atoms with Crippen molar-refractivity contribution in [2.75, 3.05) is 0 Å². The van der Waals surface area contributed by atoms with Gasteiger partial charge in [-0.25, -0.2) is 4.79 Å². The summed E-state index contributed by atoms with van der Waals surface area (Å²) in [6, 6.07) is 7.35. The number of non-ortho nitro benzene ring substituents is 1. The van der Waals surface area contributed by atoms with Crippen molar-refractivity contribution in [2.24, 2.45) is 0 Å². The highest BCUT2D eigenvalue weighted by Gasteiger charge is 2.22. The van der Waals surface area contributed by atoms with E-state index in [1.807, 2.05) is 0 Å². The maximum Gasteiger partial charge on any atom is 0.341 e. The number of pyridine rings is 1. The van der Waals surface area contributed by atoms with Crippen LogP contribution in [0.5, 0.6) is 0 Å². The van der Waals surface area contributed by atoms with Gasteiger partial charge in [0.25, 0.3) is 5.69 Å². The van der Waals surface area contributed by atoms with Gasteiger partial charge in [-0.3, -0.25) is 14.9 Å². The van der Waals surface area contributed by atoms with E-state index in [2.05, 4.69) is 4.98 Å². The monoisotopic (exact) mass is 326 g/mol. The number of benzene rings is 1. The molecule has 120 valence electrons. The Hall–Kier alpha value is -3.68. The minimum atomic E-state index is -1.48. The van der Waals surface area contributed by atoms with Crippen molar-refractivity contribution in [2.45, 2.75) is 0 Å². The molecule has 0 unspecified atom stereocenters. The molecule has 0 aliphatic rings. The Morgan fingerprint density at radius 3 is 2.67 bits per heavy atom. The summed E-state index contributed by atoms with van der Waals surface area (Å²) in [5, 5.41) is 20.2. The minimum absolute atomic E-state index is 0.0249. The average Bonchev–Trinajstić information content (AvgIpc) is 3.05. The number of aromatic carboxylic acids is 1. The fraction of sp³-hybridized carbons (Fsp3) is 0. The lowest BCUT2D eigenvalue weighted by Crippen LogP contribution is -2.19. The first-order valence-corrected chi connectivity index (χ1v) is 6.77. The van der Waals surface area contributed by atoms with Crippen LogP contribution in [0.1, 0.15) is 21.8 Å². The summed E-state index contributed by atoms with van der Waals surface area (Å²) in [4.78, 5) is 37.1. The third-order valence-electron chi connectivity index (χ3n) is 3.40. The number of nitro benzene ring substituents is 1. The van der Waals surface area contributed by atoms with Crippen LogP contribution in [0, 0.1) is 10.1 Å². The molecule has 8 nitrogen and oxygen atoms in total. The molecule has 0 radical (unpaired) electrons. The quantitative estimate of drug-likeness (QED) is 0.560. The number of nitrogens with one attached hydrogen (secondary N) is 1. The fourth-order valence-electron chi connectivity index (χ4n) is 2.38. The first-order valence-electron chi connectivity index (χ1n) is 6.77. The van der Waals surface area contributed by atoms with Gasteiger partial charge < -0.3 is 14.5 Å². The number of carboxylic acid groups (broad SMARTS) is 1. The van der Waals surface area contributed by atoms with Gasteiger partial charge in [0.05, 0.1) is 22.4 Å². The summed E-state index contributed by atoms with van der Waals surface area (Å²) in [5.74, 6) is -1.01. The van der Waals surface area contributed by atoms with E-state index in [0.29, 0.717) is 5.76 Å². The van der Waals surface area contributed by atoms with Crippen LogP contribution in [-0.2, 0) is 0 Å². The molecule has 0 aliphatic heterocycles. The van der Waals surface area contributed by atoms with Crippen LogP contribution in [0.25, 0.3) is 23.1 Å². The number of furan rings is 1. The standard InChI is InChI=1S/C16H10N2O6/c19-15-13-10(4-1-5-12(13)18(22)23)17-11(14(15)16(20)21)7-6-9-3-2-8-24-9/h1-8H,(H,17,19)(H,20,21). The molecule has 0 spiro atoms. The molecule has 2 heterocycles. The predicted octanol–water partition coefficient (Wildman–Crippen LogP) is 2.90. The number of hydrogen-bond acceptors (Lipinski definition) is 5. The largest absolute Gasteiger partial charge is 0.477 e. The summed E-state index contributed by atoms with van der Waals surface area (Å²) in [5.41, 5.74) is -1.73. The lowest BCUT2D eigenvalue weighted by Gasteiger charge is -2.05. The summed E-state index contributed by atoms with van der Waals surface area (Å²) in [6.07, 6.45) is 4.31. The SMILES string of the molecule is O=C(O)c1c(C=Cc2ccco2)[nH]c2cccc([N+](=O)[O-])c2c1=O. The van der Waals surface area contributed by atoms with Crippen LogP contribution in [0.15, 0.2) is 45.8 Å². The second kappa shape index (κ2) is 5.84. The molecule has 0 aliphatic carbocycles. The molecule has 0 saturated heterocycles. The van der Waals surface area contributed by atoms with E-state index in [9.17, 15) is 24.8 Å². The lowest BCUT2D eigenvalue weighted by molar-refractivity contribution is -0.383. The molecule has 2 aromatic heterocycles. The third-order valence-corrected chi connectivity index (χ3v) is 3.40. The summed E-state index contributed by atoms with van der Waals surface area (Å²) >= 11 is 0. The predicted molar refractivity (Wildman–Crippen MR) is 85.8 cm³/mol. The van der Waals surface area contributed by atoms with E-state index < -0.39 is 27.6 Å². The normalized spacial score (nSPS) is 11.2. The Kier molecular flexibility index (Phi) is 3.70. The molecule has 8 heteroatoms. The molecule has 0 amide bonds. The molecule has 0 saturated carbocycles. The van der Waals surface area contributed by atoms with Gasteiger partial charge >= 0.3 is 5.97 Å². The van der Waals surface area contributed by atoms with Gasteiger partial charge in [0, 0.05) is 6.07 Å². The Labute approximate surface area is 133 Å². The molecule has 24 heavy (non-hydrogen) atoms. The molecule has 1 aromatic carbocycles. The number of hydrogen-bond donors (Lipinski definition) is 2. The van der Waals surface area contributed by atoms with E-state index in [-0.39, 0.29) is 16.6 Å². The zero-order valence-corrected chi connectivity index (χ0v) is 12.1. The number of fused-ring (bicyclic) bond motifs is 1. The second-order valence-electron chi connectivity index (χ2n) is 4.85. The topological polar surface area (TPSA) is 126 Å². The summed E-state index contributed by atoms with van der Waals surface area (Å²) in [7, 11) is 0. The Bertz CT molecular complexity index is 1030. The number of rotatable bonds is 4. The summed E-state index contributed by atoms with van der Waals surface area (Å²) < 4.78 is 5.11. The second-order valence-corrected chi connectivity index (χ2v) is 4.85. The molecule has 3 aromatic rings. The van der Waals surface area contributed by atoms with Gasteiger partial charge in [0.1, 0.15) is 16.7 Å². The first-order chi connectivity index (χ1) is 11.5. The van der Waals surface area contributed by atoms with E-state index in [1.54, 1.807) is 12.1 Å². The van der Waals surface area contributed by atoms with E-state index >= 15 is 0 Å². The van der Waals surface area contributed by atoms with Crippen LogP contribution < -0.4 is 5.43 Å². The van der Waals surface area contributed by atoms with Gasteiger partial charge in [-0.1, -0.05) is 6.07 Å². The maximum atomic E-state index is 12.5. The Balaban J connectivity index is 2.31. The van der Waals surface area contributed by atoms with Crippen molar-refractivity contribution in [1.29, 1.82) is 0 Å². The number of carbonyl (C=O) groups is 1. The highest BCUT2D eigenvalue weighted by molar-refractivity contribution is 5.99. The van der Waals surface area contributed by atoms with E-state index in [4.69, 9.17) is 4.42 Å². The van der Waals surface area contributed by atoms with Crippen molar-refractivity contribution in [3.8, 4) is 0 Å². The number of aromatic nitrogens is 1. The highest BCUT2D eigenvalue weighted by atomic mass is 16.6. The van der Waals surface area contributed by atoms with Crippen molar-refractivity contribution in [3.63, 3.8) is 0 Å². The number of nitrogens with zero attached hydrogens (tertiary/aromatic N) is 1. The molecule has 3 rings (SSSR count). The van der Waals surface area contributed by atoms with Crippen LogP contribution in [0.2, 0.25) is 0 Å². The van der Waals surface area contributed by atoms with E-state index in [1.165, 1.54) is 30.5 Å². The number of H-pyrrole nitrogens is 1. The van der Waals surface area contributed by atoms with Crippen LogP contribution >= 0.6 is 0 Å². The first kappa shape index (κ1) is 15.2. The van der Waals surface area contributed by atoms with Gasteiger partial charge in [-0.05, 0) is 30.4 Å². The molecule has 0 bridgehead atoms. The number of nitro groups is 1. The van der Waals surface area contributed by atoms with Crippen LogP contribution in [-0.4, -0.2) is 21.0 Å². The van der Waals surface area contributed by atoms with Crippen LogP contribution in [0.4, 0.5) is 5.69 Å². The Morgan fingerprint density at radius 1 is 1.25 bits per heavy atom. The zero-order valence-electron chi connectivity index (χ0n) is 12.1. The van der Waals surface area contributed by atoms with Crippen molar-refractivity contribution >= 4 is 34.7 Å². The highest BCUT2D eigenvalue weighted by Crippen LogP contribution is 2.23. The Morgan fingerprint density at radius 2 is 2.04 bits per heavy atom. The number of aromatic amines is 1. The number of carboxylic acids is 1. The average molecular weight is 326 g/mol. The van der Waals surface area contributed by atoms with Crippen molar-refractivity contribution in [3.05, 3.63) is 74.0 Å². The van der Waals surface area contributed by atoms with Crippen LogP contribution in [0.3, 0.4) is 0 Å². The minimum Gasteiger partial charge on any atom is -0.477 e. The van der Waals surface area contributed by atoms with Gasteiger partial charge in [0.15, 0.2) is 0 Å². The molecule has 0 atom stereocenters. The molecular weight excluding hydrogens is 316 g/mol. The zero-order chi connectivity index (χ0) is 17.3. The fourth-order valence-corrected chi connectivity index (χ4v) is 2.38. The van der Waals surface area contributed by atoms with Crippen molar-refractivity contribution in [1.82, 2.24) is 4.98 Å². The van der Waals surface area contributed by atoms with Gasteiger partial charge in [0.2, 0.25) is 5.43 Å². The molecular formula is C16H10N2O6. The van der Waals surface area contributed by atoms with Gasteiger partial charge in [-0.2, -0.15) is 0 Å². The van der Waals surface area contributed by atoms with E-state index in [0.717, 1.165) is 6.07 Å². The summed E-state index contributed by atoms with van der Waals surface area (Å²) in [6.45, 7) is 0. The maximum absolute atomic E-state index is 12.5. The molecule has 0 fully saturated rings. The molecule has 2 N–H and O–H groups in total. The van der Waals surface area contributed by atoms with Gasteiger partial charge in [-0.15, -0.1) is 0 Å². The lowest BCUT2D eigenvalue weighted by atomic mass is 10.1. The smallest absolute Gasteiger partial charge is 0.341 e. The third kappa shape index (κ3) is 2.56.